The van der Waals surface area contributed by atoms with Crippen LogP contribution in [0.4, 0.5) is 0 Å². The first kappa shape index (κ1) is 32.8. The molecule has 0 unspecified atom stereocenters. The van der Waals surface area contributed by atoms with Crippen LogP contribution in [-0.4, -0.2) is 28.3 Å². The quantitative estimate of drug-likeness (QED) is 0.245. The van der Waals surface area contributed by atoms with Crippen molar-refractivity contribution in [2.24, 2.45) is 23.2 Å². The van der Waals surface area contributed by atoms with Crippen molar-refractivity contribution in [2.75, 3.05) is 0 Å². The fraction of sp³-hybridized carbons (Fsp3) is 0.935. The minimum absolute atomic E-state index is 0.129. The van der Waals surface area contributed by atoms with Gasteiger partial charge in [-0.15, -0.1) is 0 Å². The van der Waals surface area contributed by atoms with Gasteiger partial charge in [-0.25, -0.2) is 0 Å². The second kappa shape index (κ2) is 11.2. The molecule has 5 atom stereocenters. The van der Waals surface area contributed by atoms with Crippen molar-refractivity contribution in [3.63, 3.8) is 0 Å². The van der Waals surface area contributed by atoms with Crippen molar-refractivity contribution >= 4 is 32.6 Å². The van der Waals surface area contributed by atoms with Crippen LogP contribution >= 0.6 is 15.9 Å². The van der Waals surface area contributed by atoms with E-state index in [9.17, 15) is 0 Å². The number of fused-ring (bicyclic) bond motifs is 1. The first-order valence-electron chi connectivity index (χ1n) is 14.8. The number of hydrogen-bond donors (Lipinski definition) is 0. The molecule has 0 radical (unpaired) electrons. The highest BCUT2D eigenvalue weighted by Gasteiger charge is 2.51. The summed E-state index contributed by atoms with van der Waals surface area (Å²) in [5.41, 5.74) is 1.83. The predicted molar refractivity (Wildman–Crippen MR) is 168 cm³/mol. The molecule has 2 rings (SSSR count). The van der Waals surface area contributed by atoms with Crippen molar-refractivity contribution in [1.82, 2.24) is 0 Å². The third-order valence-electron chi connectivity index (χ3n) is 11.1. The summed E-state index contributed by atoms with van der Waals surface area (Å²) in [5, 5.41) is 0.380. The summed E-state index contributed by atoms with van der Waals surface area (Å²) in [6.45, 7) is 33.5. The van der Waals surface area contributed by atoms with Gasteiger partial charge in [-0.05, 0) is 123 Å². The first-order chi connectivity index (χ1) is 16.1. The molecule has 0 aliphatic heterocycles. The molecule has 212 valence electrons. The van der Waals surface area contributed by atoms with Crippen molar-refractivity contribution in [3.8, 4) is 0 Å². The zero-order chi connectivity index (χ0) is 28.0. The summed E-state index contributed by atoms with van der Waals surface area (Å²) >= 11 is 3.70. The highest BCUT2D eigenvalue weighted by molar-refractivity contribution is 9.11. The van der Waals surface area contributed by atoms with Crippen LogP contribution in [0, 0.1) is 23.2 Å². The van der Waals surface area contributed by atoms with Crippen LogP contribution in [0.1, 0.15) is 114 Å². The highest BCUT2D eigenvalue weighted by atomic mass is 79.9. The largest absolute Gasteiger partial charge is 0.411 e. The number of halogens is 1. The molecule has 0 aromatic rings. The summed E-state index contributed by atoms with van der Waals surface area (Å²) in [7, 11) is -3.87. The number of hydrogen-bond acceptors (Lipinski definition) is 2. The van der Waals surface area contributed by atoms with Crippen LogP contribution in [0.15, 0.2) is 10.6 Å². The highest BCUT2D eigenvalue weighted by Crippen LogP contribution is 2.60. The van der Waals surface area contributed by atoms with E-state index in [1.54, 1.807) is 5.57 Å². The van der Waals surface area contributed by atoms with Crippen LogP contribution in [0.5, 0.6) is 0 Å². The Kier molecular flexibility index (Phi) is 10.2. The van der Waals surface area contributed by atoms with Gasteiger partial charge in [0, 0.05) is 0 Å². The van der Waals surface area contributed by atoms with Gasteiger partial charge in [0.05, 0.1) is 11.7 Å². The molecule has 0 aromatic heterocycles. The molecule has 2 fully saturated rings. The Labute approximate surface area is 236 Å². The first-order valence-corrected chi connectivity index (χ1v) is 21.5. The maximum Gasteiger partial charge on any atom is 0.192 e. The average molecular weight is 602 g/mol. The van der Waals surface area contributed by atoms with E-state index >= 15 is 0 Å². The van der Waals surface area contributed by atoms with Crippen molar-refractivity contribution in [1.29, 1.82) is 0 Å². The van der Waals surface area contributed by atoms with Crippen molar-refractivity contribution < 1.29 is 8.85 Å². The Morgan fingerprint density at radius 3 is 2.00 bits per heavy atom. The van der Waals surface area contributed by atoms with E-state index in [1.807, 2.05) is 0 Å². The van der Waals surface area contributed by atoms with Crippen LogP contribution in [0.2, 0.25) is 36.3 Å². The third-order valence-corrected chi connectivity index (χ3v) is 20.8. The third kappa shape index (κ3) is 7.01. The molecule has 2 nitrogen and oxygen atoms in total. The van der Waals surface area contributed by atoms with Crippen molar-refractivity contribution in [3.05, 3.63) is 10.6 Å². The molecule has 0 N–H and O–H groups in total. The molecule has 0 spiro atoms. The van der Waals surface area contributed by atoms with Crippen LogP contribution in [-0.2, 0) is 8.85 Å². The van der Waals surface area contributed by atoms with Gasteiger partial charge in [0.25, 0.3) is 0 Å². The van der Waals surface area contributed by atoms with Gasteiger partial charge >= 0.3 is 0 Å². The van der Waals surface area contributed by atoms with E-state index in [4.69, 9.17) is 8.85 Å². The molecule has 2 saturated carbocycles. The lowest BCUT2D eigenvalue weighted by atomic mass is 9.61. The van der Waals surface area contributed by atoms with Gasteiger partial charge in [-0.1, -0.05) is 76.9 Å². The molecular weight excluding hydrogens is 540 g/mol. The molecule has 0 amide bonds. The molecule has 36 heavy (non-hydrogen) atoms. The van der Waals surface area contributed by atoms with E-state index in [0.29, 0.717) is 11.3 Å². The summed E-state index contributed by atoms with van der Waals surface area (Å²) in [6, 6.07) is 0. The predicted octanol–water partition coefficient (Wildman–Crippen LogP) is 11.1. The smallest absolute Gasteiger partial charge is 0.192 e. The summed E-state index contributed by atoms with van der Waals surface area (Å²) in [4.78, 5) is 2.26. The minimum atomic E-state index is -1.94. The topological polar surface area (TPSA) is 18.5 Å². The van der Waals surface area contributed by atoms with Gasteiger partial charge in [0.1, 0.15) is 0 Å². The van der Waals surface area contributed by atoms with Gasteiger partial charge in [0.2, 0.25) is 0 Å². The zero-order valence-corrected chi connectivity index (χ0v) is 30.1. The standard InChI is InChI=1S/C31H61BrO2Si2/c1-23(25-18-19-26-24(22-32)16-15-21-31(25,26)10)17-20-27(33-35(11,12)28(2,3)4)30(8,9)34-36(13,14)29(5,6)7/h22-23,25-27H,15-21H2,1-14H3/b24-22+/t23-,25+,26-,27-,31+/m0/s1. The normalized spacial score (nSPS) is 29.4. The van der Waals surface area contributed by atoms with Gasteiger partial charge < -0.3 is 8.85 Å². The molecular formula is C31H61BrO2Si2. The zero-order valence-electron chi connectivity index (χ0n) is 26.5. The Morgan fingerprint density at radius 1 is 0.944 bits per heavy atom. The average Bonchev–Trinajstić information content (AvgIpc) is 3.05. The summed E-state index contributed by atoms with van der Waals surface area (Å²) in [5.74, 6) is 2.29. The summed E-state index contributed by atoms with van der Waals surface area (Å²) < 4.78 is 14.4. The van der Waals surface area contributed by atoms with Crippen LogP contribution < -0.4 is 0 Å². The lowest BCUT2D eigenvalue weighted by molar-refractivity contribution is -0.0386. The molecule has 2 aliphatic carbocycles. The lowest BCUT2D eigenvalue weighted by Gasteiger charge is -2.49. The fourth-order valence-corrected chi connectivity index (χ4v) is 10.5. The van der Waals surface area contributed by atoms with E-state index < -0.39 is 16.6 Å². The lowest BCUT2D eigenvalue weighted by Crippen LogP contribution is -2.56. The Hall–Kier alpha value is 0.574. The molecule has 0 saturated heterocycles. The SMILES string of the molecule is C[C@@H](CC[C@H](O[Si](C)(C)C(C)(C)C)C(C)(C)O[Si](C)(C)C(C)(C)C)[C@H]1CC[C@H]2/C(=C/Br)CCC[C@]12C. The van der Waals surface area contributed by atoms with Crippen LogP contribution in [0.25, 0.3) is 0 Å². The van der Waals surface area contributed by atoms with Gasteiger partial charge in [-0.2, -0.15) is 0 Å². The second-order valence-electron chi connectivity index (χ2n) is 16.2. The van der Waals surface area contributed by atoms with Gasteiger partial charge in [0.15, 0.2) is 16.6 Å². The molecule has 0 heterocycles. The maximum atomic E-state index is 7.23. The maximum absolute atomic E-state index is 7.23. The second-order valence-corrected chi connectivity index (χ2v) is 26.1. The number of rotatable bonds is 9. The number of allylic oxidation sites excluding steroid dienone is 1. The molecule has 0 bridgehead atoms. The molecule has 0 aromatic carbocycles. The molecule has 5 heteroatoms. The van der Waals surface area contributed by atoms with Crippen LogP contribution in [0.3, 0.4) is 0 Å². The monoisotopic (exact) mass is 600 g/mol. The van der Waals surface area contributed by atoms with E-state index in [2.05, 4.69) is 116 Å². The summed E-state index contributed by atoms with van der Waals surface area (Å²) in [6.07, 6.45) is 9.21. The Morgan fingerprint density at radius 2 is 1.50 bits per heavy atom. The van der Waals surface area contributed by atoms with E-state index in [1.165, 1.54) is 38.5 Å². The fourth-order valence-electron chi connectivity index (χ4n) is 6.72. The minimum Gasteiger partial charge on any atom is -0.411 e. The van der Waals surface area contributed by atoms with E-state index in [-0.39, 0.29) is 21.8 Å². The van der Waals surface area contributed by atoms with Crippen molar-refractivity contribution in [2.45, 2.75) is 162 Å². The molecule has 2 aliphatic rings. The van der Waals surface area contributed by atoms with Gasteiger partial charge in [-0.3, -0.25) is 0 Å². The Balaban J connectivity index is 2.26. The van der Waals surface area contributed by atoms with E-state index in [0.717, 1.165) is 18.3 Å². The Bertz CT molecular complexity index is 774.